The van der Waals surface area contributed by atoms with Gasteiger partial charge in [0.15, 0.2) is 5.78 Å². The van der Waals surface area contributed by atoms with Gasteiger partial charge in [-0.1, -0.05) is 23.7 Å². The zero-order chi connectivity index (χ0) is 29.5. The van der Waals surface area contributed by atoms with E-state index < -0.39 is 0 Å². The average molecular weight is 582 g/mol. The van der Waals surface area contributed by atoms with Crippen molar-refractivity contribution in [3.05, 3.63) is 94.9 Å². The molecule has 214 valence electrons. The first-order chi connectivity index (χ1) is 20.4. The molecular formula is C33H32ClN5O3. The maximum Gasteiger partial charge on any atom is 0.159 e. The van der Waals surface area contributed by atoms with Crippen LogP contribution in [0, 0.1) is 11.3 Å². The molecule has 0 unspecified atom stereocenters. The van der Waals surface area contributed by atoms with Gasteiger partial charge < -0.3 is 14.8 Å². The van der Waals surface area contributed by atoms with Crippen LogP contribution in [0.25, 0.3) is 10.9 Å². The van der Waals surface area contributed by atoms with E-state index in [1.807, 2.05) is 49.4 Å². The lowest BCUT2D eigenvalue weighted by atomic mass is 10.0. The molecule has 0 spiro atoms. The molecule has 3 heterocycles. The summed E-state index contributed by atoms with van der Waals surface area (Å²) in [5.41, 5.74) is 3.76. The number of benzene rings is 2. The number of carbonyl (C=O) groups is 1. The minimum Gasteiger partial charge on any atom is -0.494 e. The molecular weight excluding hydrogens is 550 g/mol. The number of ether oxygens (including phenoxy) is 2. The molecule has 0 saturated carbocycles. The molecule has 0 radical (unpaired) electrons. The summed E-state index contributed by atoms with van der Waals surface area (Å²) in [5, 5.41) is 14.4. The quantitative estimate of drug-likeness (QED) is 0.197. The van der Waals surface area contributed by atoms with E-state index in [4.69, 9.17) is 21.1 Å². The van der Waals surface area contributed by atoms with E-state index in [0.717, 1.165) is 30.6 Å². The van der Waals surface area contributed by atoms with E-state index in [9.17, 15) is 10.1 Å². The lowest BCUT2D eigenvalue weighted by Crippen LogP contribution is -2.22. The molecule has 42 heavy (non-hydrogen) atoms. The first-order valence-corrected chi connectivity index (χ1v) is 14.3. The standard InChI is InChI=1S/C33H32ClN5O3/c1-3-41-32-18-30-28(16-22(32)15-27(40)11-10-26-8-6-14-39(26)2)33(23(19-35)20-37-30)38-24-9-12-31(29(34)17-24)42-21-25-7-4-5-13-36-25/h4-5,7,9-13,16-18,20,26H,3,6,8,14-15,21H2,1-2H3,(H,37,38)/b11-10+/t26-/m0/s1. The molecule has 0 bridgehead atoms. The van der Waals surface area contributed by atoms with Crippen LogP contribution >= 0.6 is 11.6 Å². The van der Waals surface area contributed by atoms with Crippen molar-refractivity contribution in [2.75, 3.05) is 25.5 Å². The van der Waals surface area contributed by atoms with E-state index in [1.165, 1.54) is 6.20 Å². The number of rotatable bonds is 11. The molecule has 9 heteroatoms. The molecule has 1 N–H and O–H groups in total. The highest BCUT2D eigenvalue weighted by Crippen LogP contribution is 2.36. The number of halogens is 1. The van der Waals surface area contributed by atoms with Gasteiger partial charge in [0.1, 0.15) is 24.2 Å². The summed E-state index contributed by atoms with van der Waals surface area (Å²) in [6.45, 7) is 3.68. The summed E-state index contributed by atoms with van der Waals surface area (Å²) in [7, 11) is 2.08. The lowest BCUT2D eigenvalue weighted by molar-refractivity contribution is -0.114. The predicted molar refractivity (Wildman–Crippen MR) is 164 cm³/mol. The molecule has 1 fully saturated rings. The maximum absolute atomic E-state index is 13.0. The third-order valence-electron chi connectivity index (χ3n) is 7.22. The molecule has 4 aromatic rings. The summed E-state index contributed by atoms with van der Waals surface area (Å²) in [6.07, 6.45) is 9.26. The Balaban J connectivity index is 1.42. The number of likely N-dealkylation sites (tertiary alicyclic amines) is 1. The van der Waals surface area contributed by atoms with Gasteiger partial charge in [0.05, 0.1) is 34.1 Å². The number of carbonyl (C=O) groups excluding carboxylic acids is 1. The van der Waals surface area contributed by atoms with Crippen molar-refractivity contribution in [1.82, 2.24) is 14.9 Å². The molecule has 2 aromatic heterocycles. The summed E-state index contributed by atoms with van der Waals surface area (Å²) < 4.78 is 11.7. The first-order valence-electron chi connectivity index (χ1n) is 13.9. The van der Waals surface area contributed by atoms with Gasteiger partial charge in [0.25, 0.3) is 0 Å². The monoisotopic (exact) mass is 581 g/mol. The summed E-state index contributed by atoms with van der Waals surface area (Å²) >= 11 is 6.55. The predicted octanol–water partition coefficient (Wildman–Crippen LogP) is 6.64. The first kappa shape index (κ1) is 29.1. The Morgan fingerprint density at radius 1 is 1.19 bits per heavy atom. The number of hydrogen-bond donors (Lipinski definition) is 1. The number of ketones is 1. The average Bonchev–Trinajstić information content (AvgIpc) is 3.41. The number of nitrogens with zero attached hydrogens (tertiary/aromatic N) is 4. The zero-order valence-corrected chi connectivity index (χ0v) is 24.4. The van der Waals surface area contributed by atoms with Gasteiger partial charge in [-0.05, 0) is 75.8 Å². The van der Waals surface area contributed by atoms with Crippen LogP contribution in [0.2, 0.25) is 5.02 Å². The van der Waals surface area contributed by atoms with Gasteiger partial charge in [-0.2, -0.15) is 5.26 Å². The Bertz CT molecular complexity index is 1650. The van der Waals surface area contributed by atoms with Crippen molar-refractivity contribution in [2.45, 2.75) is 38.8 Å². The summed E-state index contributed by atoms with van der Waals surface area (Å²) in [5.74, 6) is 1.11. The topological polar surface area (TPSA) is 100 Å². The molecule has 1 saturated heterocycles. The SMILES string of the molecule is CCOc1cc2ncc(C#N)c(Nc3ccc(OCc4ccccn4)c(Cl)c3)c2cc1CC(=O)/C=C/[C@@H]1CCCN1C. The number of likely N-dealkylation sites (N-methyl/N-ethyl adjacent to an activating group) is 1. The number of nitriles is 1. The number of anilines is 2. The maximum atomic E-state index is 13.0. The number of fused-ring (bicyclic) bond motifs is 1. The van der Waals surface area contributed by atoms with Crippen LogP contribution in [0.3, 0.4) is 0 Å². The second kappa shape index (κ2) is 13.5. The Labute approximate surface area is 250 Å². The van der Waals surface area contributed by atoms with Gasteiger partial charge in [-0.25, -0.2) is 0 Å². The number of hydrogen-bond acceptors (Lipinski definition) is 8. The molecule has 8 nitrogen and oxygen atoms in total. The fourth-order valence-electron chi connectivity index (χ4n) is 5.03. The number of aromatic nitrogens is 2. The molecule has 1 atom stereocenters. The van der Waals surface area contributed by atoms with Crippen molar-refractivity contribution in [2.24, 2.45) is 0 Å². The van der Waals surface area contributed by atoms with Gasteiger partial charge in [0, 0.05) is 47.6 Å². The van der Waals surface area contributed by atoms with E-state index in [1.54, 1.807) is 24.4 Å². The molecule has 5 rings (SSSR count). The second-order valence-electron chi connectivity index (χ2n) is 10.1. The smallest absolute Gasteiger partial charge is 0.159 e. The molecule has 0 aliphatic carbocycles. The van der Waals surface area contributed by atoms with Crippen LogP contribution in [0.4, 0.5) is 11.4 Å². The van der Waals surface area contributed by atoms with Crippen LogP contribution in [0.1, 0.15) is 36.6 Å². The third kappa shape index (κ3) is 6.88. The molecule has 0 amide bonds. The fraction of sp³-hybridized carbons (Fsp3) is 0.273. The van der Waals surface area contributed by atoms with Crippen LogP contribution in [0.5, 0.6) is 11.5 Å². The minimum atomic E-state index is -0.0115. The summed E-state index contributed by atoms with van der Waals surface area (Å²) in [4.78, 5) is 24.0. The van der Waals surface area contributed by atoms with Crippen molar-refractivity contribution in [3.8, 4) is 17.6 Å². The number of pyridine rings is 2. The van der Waals surface area contributed by atoms with Gasteiger partial charge >= 0.3 is 0 Å². The lowest BCUT2D eigenvalue weighted by Gasteiger charge is -2.16. The zero-order valence-electron chi connectivity index (χ0n) is 23.6. The minimum absolute atomic E-state index is 0.0115. The Morgan fingerprint density at radius 3 is 2.79 bits per heavy atom. The van der Waals surface area contributed by atoms with Crippen LogP contribution in [-0.4, -0.2) is 46.9 Å². The van der Waals surface area contributed by atoms with E-state index in [0.29, 0.717) is 51.0 Å². The summed E-state index contributed by atoms with van der Waals surface area (Å²) in [6, 6.07) is 17.2. The van der Waals surface area contributed by atoms with Crippen LogP contribution in [-0.2, 0) is 17.8 Å². The largest absolute Gasteiger partial charge is 0.494 e. The third-order valence-corrected chi connectivity index (χ3v) is 7.51. The number of nitrogens with one attached hydrogen (secondary N) is 1. The van der Waals surface area contributed by atoms with Crippen LogP contribution in [0.15, 0.2) is 73.1 Å². The second-order valence-corrected chi connectivity index (χ2v) is 10.5. The van der Waals surface area contributed by atoms with Crippen molar-refractivity contribution in [3.63, 3.8) is 0 Å². The van der Waals surface area contributed by atoms with Gasteiger partial charge in [-0.15, -0.1) is 0 Å². The van der Waals surface area contributed by atoms with Crippen molar-refractivity contribution < 1.29 is 14.3 Å². The van der Waals surface area contributed by atoms with Gasteiger partial charge in [-0.3, -0.25) is 19.7 Å². The van der Waals surface area contributed by atoms with Crippen molar-refractivity contribution >= 4 is 39.7 Å². The Kier molecular flexibility index (Phi) is 9.32. The number of allylic oxidation sites excluding steroid dienone is 1. The molecule has 2 aromatic carbocycles. The molecule has 1 aliphatic heterocycles. The fourth-order valence-corrected chi connectivity index (χ4v) is 5.27. The molecule has 1 aliphatic rings. The van der Waals surface area contributed by atoms with E-state index in [-0.39, 0.29) is 24.9 Å². The Hall–Kier alpha value is -4.45. The Morgan fingerprint density at radius 2 is 2.07 bits per heavy atom. The highest BCUT2D eigenvalue weighted by Gasteiger charge is 2.19. The van der Waals surface area contributed by atoms with Crippen LogP contribution < -0.4 is 14.8 Å². The highest BCUT2D eigenvalue weighted by atomic mass is 35.5. The van der Waals surface area contributed by atoms with E-state index in [2.05, 4.69) is 33.3 Å². The normalized spacial score (nSPS) is 15.1. The van der Waals surface area contributed by atoms with Crippen molar-refractivity contribution in [1.29, 1.82) is 5.26 Å². The van der Waals surface area contributed by atoms with E-state index >= 15 is 0 Å². The highest BCUT2D eigenvalue weighted by molar-refractivity contribution is 6.32. The van der Waals surface area contributed by atoms with Gasteiger partial charge in [0.2, 0.25) is 0 Å².